The van der Waals surface area contributed by atoms with Crippen molar-refractivity contribution in [1.82, 2.24) is 0 Å². The number of hydrogen-bond donors (Lipinski definition) is 0. The highest BCUT2D eigenvalue weighted by Crippen LogP contribution is 2.34. The number of alkyl halides is 2. The second kappa shape index (κ2) is 3.28. The summed E-state index contributed by atoms with van der Waals surface area (Å²) in [6.45, 7) is 1.60. The van der Waals surface area contributed by atoms with Crippen LogP contribution in [-0.2, 0) is 0 Å². The molecular weight excluding hydrogens is 209 g/mol. The summed E-state index contributed by atoms with van der Waals surface area (Å²) in [6.07, 6.45) is -2.48. The van der Waals surface area contributed by atoms with Crippen molar-refractivity contribution >= 4 is 21.4 Å². The Morgan fingerprint density at radius 3 is 2.64 bits per heavy atom. The van der Waals surface area contributed by atoms with Crippen LogP contribution in [0.4, 0.5) is 13.2 Å². The molecule has 0 bridgehead atoms. The van der Waals surface area contributed by atoms with E-state index >= 15 is 0 Å². The molecule has 74 valence electrons. The zero-order chi connectivity index (χ0) is 10.3. The molecular formula is C10H7F3S. The molecule has 14 heavy (non-hydrogen) atoms. The molecule has 1 aromatic heterocycles. The van der Waals surface area contributed by atoms with Gasteiger partial charge in [-0.2, -0.15) is 0 Å². The van der Waals surface area contributed by atoms with Gasteiger partial charge in [0, 0.05) is 4.70 Å². The summed E-state index contributed by atoms with van der Waals surface area (Å²) in [5, 5.41) is 0.588. The van der Waals surface area contributed by atoms with Crippen LogP contribution in [0.15, 0.2) is 18.2 Å². The average molecular weight is 216 g/mol. The maximum absolute atomic E-state index is 13.1. The second-order valence-electron chi connectivity index (χ2n) is 3.03. The lowest BCUT2D eigenvalue weighted by Crippen LogP contribution is -1.80. The summed E-state index contributed by atoms with van der Waals surface area (Å²) in [5.74, 6) is -0.351. The molecule has 0 aliphatic rings. The molecule has 0 nitrogen and oxygen atoms in total. The maximum Gasteiger partial charge on any atom is 0.272 e. The number of hydrogen-bond acceptors (Lipinski definition) is 1. The Bertz CT molecular complexity index is 473. The second-order valence-corrected chi connectivity index (χ2v) is 4.15. The topological polar surface area (TPSA) is 0 Å². The van der Waals surface area contributed by atoms with Crippen LogP contribution in [0.3, 0.4) is 0 Å². The van der Waals surface area contributed by atoms with Gasteiger partial charge < -0.3 is 0 Å². The van der Waals surface area contributed by atoms with Crippen LogP contribution in [0.5, 0.6) is 0 Å². The normalized spacial score (nSPS) is 11.5. The first-order valence-corrected chi connectivity index (χ1v) is 4.88. The minimum atomic E-state index is -2.48. The van der Waals surface area contributed by atoms with Crippen molar-refractivity contribution < 1.29 is 13.2 Å². The minimum Gasteiger partial charge on any atom is -0.207 e. The van der Waals surface area contributed by atoms with Gasteiger partial charge in [0.2, 0.25) is 0 Å². The van der Waals surface area contributed by atoms with Crippen molar-refractivity contribution in [2.75, 3.05) is 0 Å². The van der Waals surface area contributed by atoms with E-state index in [-0.39, 0.29) is 10.7 Å². The third-order valence-electron chi connectivity index (χ3n) is 2.14. The Morgan fingerprint density at radius 2 is 2.00 bits per heavy atom. The van der Waals surface area contributed by atoms with E-state index < -0.39 is 6.43 Å². The average Bonchev–Trinajstić information content (AvgIpc) is 2.56. The van der Waals surface area contributed by atoms with Crippen LogP contribution in [0.2, 0.25) is 0 Å². The monoisotopic (exact) mass is 216 g/mol. The van der Waals surface area contributed by atoms with Gasteiger partial charge in [0.15, 0.2) is 0 Å². The smallest absolute Gasteiger partial charge is 0.207 e. The van der Waals surface area contributed by atoms with Crippen LogP contribution in [0.1, 0.15) is 16.9 Å². The molecule has 2 aromatic rings. The number of benzene rings is 1. The van der Waals surface area contributed by atoms with Crippen LogP contribution in [0, 0.1) is 12.7 Å². The van der Waals surface area contributed by atoms with Gasteiger partial charge in [-0.05, 0) is 36.1 Å². The van der Waals surface area contributed by atoms with Crippen LogP contribution < -0.4 is 0 Å². The molecule has 0 unspecified atom stereocenters. The van der Waals surface area contributed by atoms with Crippen molar-refractivity contribution in [1.29, 1.82) is 0 Å². The highest BCUT2D eigenvalue weighted by molar-refractivity contribution is 7.19. The van der Waals surface area contributed by atoms with E-state index in [2.05, 4.69) is 0 Å². The SMILES string of the molecule is Cc1c(F)ccc2sc(C(F)F)cc12. The summed E-state index contributed by atoms with van der Waals surface area (Å²) in [6, 6.07) is 4.21. The number of fused-ring (bicyclic) bond motifs is 1. The molecule has 1 aromatic carbocycles. The maximum atomic E-state index is 13.1. The predicted molar refractivity (Wildman–Crippen MR) is 51.5 cm³/mol. The molecule has 0 aliphatic heterocycles. The van der Waals surface area contributed by atoms with Gasteiger partial charge in [-0.25, -0.2) is 13.2 Å². The molecule has 0 N–H and O–H groups in total. The van der Waals surface area contributed by atoms with E-state index in [9.17, 15) is 13.2 Å². The Labute approximate surface area is 83.0 Å². The number of aryl methyl sites for hydroxylation is 1. The summed E-state index contributed by atoms with van der Waals surface area (Å²) in [5.41, 5.74) is 0.436. The van der Waals surface area contributed by atoms with Gasteiger partial charge in [0.25, 0.3) is 6.43 Å². The van der Waals surface area contributed by atoms with Crippen molar-refractivity contribution in [3.05, 3.63) is 34.5 Å². The molecule has 0 atom stereocenters. The van der Waals surface area contributed by atoms with Crippen LogP contribution in [-0.4, -0.2) is 0 Å². The molecule has 1 heterocycles. The summed E-state index contributed by atoms with van der Waals surface area (Å²) < 4.78 is 38.5. The molecule has 0 radical (unpaired) electrons. The van der Waals surface area contributed by atoms with E-state index in [1.54, 1.807) is 6.92 Å². The van der Waals surface area contributed by atoms with Crippen molar-refractivity contribution in [3.8, 4) is 0 Å². The van der Waals surface area contributed by atoms with Gasteiger partial charge in [-0.1, -0.05) is 0 Å². The molecule has 0 saturated heterocycles. The van der Waals surface area contributed by atoms with Crippen LogP contribution in [0.25, 0.3) is 10.1 Å². The first-order valence-electron chi connectivity index (χ1n) is 4.06. The van der Waals surface area contributed by atoms with Crippen molar-refractivity contribution in [3.63, 3.8) is 0 Å². The molecule has 0 saturated carbocycles. The Balaban J connectivity index is 2.71. The zero-order valence-electron chi connectivity index (χ0n) is 7.35. The number of halogens is 3. The highest BCUT2D eigenvalue weighted by Gasteiger charge is 2.13. The standard InChI is InChI=1S/C10H7F3S/c1-5-6-4-9(10(12)13)14-8(6)3-2-7(5)11/h2-4,10H,1H3. The minimum absolute atomic E-state index is 0.00583. The zero-order valence-corrected chi connectivity index (χ0v) is 8.17. The fourth-order valence-electron chi connectivity index (χ4n) is 1.35. The summed E-state index contributed by atoms with van der Waals surface area (Å²) >= 11 is 1.01. The van der Waals surface area contributed by atoms with Crippen molar-refractivity contribution in [2.24, 2.45) is 0 Å². The lowest BCUT2D eigenvalue weighted by atomic mass is 10.1. The van der Waals surface area contributed by atoms with E-state index in [1.807, 2.05) is 0 Å². The Kier molecular flexibility index (Phi) is 2.23. The summed E-state index contributed by atoms with van der Waals surface area (Å²) in [7, 11) is 0. The highest BCUT2D eigenvalue weighted by atomic mass is 32.1. The fraction of sp³-hybridized carbons (Fsp3) is 0.200. The number of rotatable bonds is 1. The van der Waals surface area contributed by atoms with Gasteiger partial charge in [0.1, 0.15) is 5.82 Å². The lowest BCUT2D eigenvalue weighted by molar-refractivity contribution is 0.156. The van der Waals surface area contributed by atoms with Crippen molar-refractivity contribution in [2.45, 2.75) is 13.3 Å². The van der Waals surface area contributed by atoms with Gasteiger partial charge in [-0.15, -0.1) is 11.3 Å². The largest absolute Gasteiger partial charge is 0.272 e. The summed E-state index contributed by atoms with van der Waals surface area (Å²) in [4.78, 5) is -0.00583. The van der Waals surface area contributed by atoms with E-state index in [4.69, 9.17) is 0 Å². The molecule has 2 rings (SSSR count). The lowest BCUT2D eigenvalue weighted by Gasteiger charge is -1.96. The van der Waals surface area contributed by atoms with E-state index in [0.29, 0.717) is 15.6 Å². The Hall–Kier alpha value is -1.03. The third-order valence-corrected chi connectivity index (χ3v) is 3.25. The Morgan fingerprint density at radius 1 is 1.29 bits per heavy atom. The molecule has 0 amide bonds. The predicted octanol–water partition coefficient (Wildman–Crippen LogP) is 4.29. The fourth-order valence-corrected chi connectivity index (χ4v) is 2.33. The van der Waals surface area contributed by atoms with E-state index in [1.165, 1.54) is 18.2 Å². The molecule has 0 spiro atoms. The van der Waals surface area contributed by atoms with Crippen LogP contribution >= 0.6 is 11.3 Å². The third kappa shape index (κ3) is 1.39. The first kappa shape index (κ1) is 9.52. The quantitative estimate of drug-likeness (QED) is 0.667. The molecule has 4 heteroatoms. The molecule has 0 fully saturated rings. The van der Waals surface area contributed by atoms with Gasteiger partial charge >= 0.3 is 0 Å². The first-order chi connectivity index (χ1) is 6.59. The van der Waals surface area contributed by atoms with Gasteiger partial charge in [-0.3, -0.25) is 0 Å². The number of thiophene rings is 1. The molecule has 0 aliphatic carbocycles. The van der Waals surface area contributed by atoms with E-state index in [0.717, 1.165) is 11.3 Å². The van der Waals surface area contributed by atoms with Gasteiger partial charge in [0.05, 0.1) is 4.88 Å².